The van der Waals surface area contributed by atoms with E-state index in [0.29, 0.717) is 40.6 Å². The molecular weight excluding hydrogens is 520 g/mol. The molecule has 1 aliphatic heterocycles. The monoisotopic (exact) mass is 529 g/mol. The summed E-state index contributed by atoms with van der Waals surface area (Å²) >= 11 is 31.9. The molecule has 0 saturated heterocycles. The number of hydrogen-bond donors (Lipinski definition) is 1. The van der Waals surface area contributed by atoms with Crippen LogP contribution in [0.25, 0.3) is 0 Å². The quantitative estimate of drug-likeness (QED) is 0.343. The van der Waals surface area contributed by atoms with Crippen molar-refractivity contribution in [2.45, 2.75) is 10.9 Å². The van der Waals surface area contributed by atoms with Gasteiger partial charge in [0, 0.05) is 20.6 Å². The number of aliphatic hydroxyl groups is 1. The van der Waals surface area contributed by atoms with Gasteiger partial charge < -0.3 is 5.11 Å². The van der Waals surface area contributed by atoms with Crippen molar-refractivity contribution in [1.29, 1.82) is 0 Å². The molecule has 1 amide bonds. The van der Waals surface area contributed by atoms with E-state index in [1.54, 1.807) is 54.6 Å². The first kappa shape index (κ1) is 22.7. The topological polar surface area (TPSA) is 40.5 Å². The normalized spacial score (nSPS) is 16.4. The van der Waals surface area contributed by atoms with Gasteiger partial charge in [-0.3, -0.25) is 9.69 Å². The Morgan fingerprint density at radius 2 is 1.48 bits per heavy atom. The van der Waals surface area contributed by atoms with E-state index in [2.05, 4.69) is 0 Å². The van der Waals surface area contributed by atoms with Crippen LogP contribution in [-0.2, 0) is 4.79 Å². The zero-order chi connectivity index (χ0) is 22.3. The SMILES string of the molecule is O=C1C(O)=C(Sc2cc(Cl)c(Cl)cc2Cl)C(c2ccc(Cl)cc2)N1c1cccc(Cl)c1. The second-order valence-electron chi connectivity index (χ2n) is 6.62. The summed E-state index contributed by atoms with van der Waals surface area (Å²) in [5, 5.41) is 12.8. The Kier molecular flexibility index (Phi) is 6.68. The molecule has 1 unspecified atom stereocenters. The molecular formula is C22H12Cl5NO2S. The minimum absolute atomic E-state index is 0.312. The Balaban J connectivity index is 1.84. The molecule has 0 saturated carbocycles. The van der Waals surface area contributed by atoms with Gasteiger partial charge in [0.15, 0.2) is 5.76 Å². The number of rotatable bonds is 4. The molecule has 0 fully saturated rings. The molecule has 1 aliphatic rings. The first-order valence-electron chi connectivity index (χ1n) is 8.86. The number of hydrogen-bond acceptors (Lipinski definition) is 3. The van der Waals surface area contributed by atoms with E-state index in [4.69, 9.17) is 58.0 Å². The fourth-order valence-corrected chi connectivity index (χ4v) is 5.37. The van der Waals surface area contributed by atoms with Crippen LogP contribution in [-0.4, -0.2) is 11.0 Å². The molecule has 0 aliphatic carbocycles. The number of halogens is 5. The highest BCUT2D eigenvalue weighted by atomic mass is 35.5. The Labute approximate surface area is 208 Å². The molecule has 0 aromatic heterocycles. The van der Waals surface area contributed by atoms with E-state index < -0.39 is 11.9 Å². The van der Waals surface area contributed by atoms with Crippen molar-refractivity contribution < 1.29 is 9.90 Å². The van der Waals surface area contributed by atoms with Gasteiger partial charge in [-0.2, -0.15) is 0 Å². The predicted molar refractivity (Wildman–Crippen MR) is 130 cm³/mol. The van der Waals surface area contributed by atoms with Crippen molar-refractivity contribution in [2.75, 3.05) is 4.90 Å². The van der Waals surface area contributed by atoms with Crippen molar-refractivity contribution in [1.82, 2.24) is 0 Å². The molecule has 9 heteroatoms. The lowest BCUT2D eigenvalue weighted by Gasteiger charge is -2.27. The largest absolute Gasteiger partial charge is 0.502 e. The summed E-state index contributed by atoms with van der Waals surface area (Å²) in [5.41, 5.74) is 1.29. The van der Waals surface area contributed by atoms with Crippen LogP contribution in [0.2, 0.25) is 25.1 Å². The van der Waals surface area contributed by atoms with Crippen LogP contribution in [0.15, 0.2) is 76.2 Å². The van der Waals surface area contributed by atoms with E-state index in [9.17, 15) is 9.90 Å². The summed E-state index contributed by atoms with van der Waals surface area (Å²) in [5.74, 6) is -0.937. The highest BCUT2D eigenvalue weighted by Gasteiger charge is 2.42. The minimum Gasteiger partial charge on any atom is -0.502 e. The van der Waals surface area contributed by atoms with Gasteiger partial charge in [0.1, 0.15) is 0 Å². The summed E-state index contributed by atoms with van der Waals surface area (Å²) in [4.78, 5) is 15.6. The van der Waals surface area contributed by atoms with Gasteiger partial charge in [0.05, 0.1) is 26.0 Å². The highest BCUT2D eigenvalue weighted by molar-refractivity contribution is 8.03. The van der Waals surface area contributed by atoms with Crippen LogP contribution in [0.3, 0.4) is 0 Å². The lowest BCUT2D eigenvalue weighted by atomic mass is 10.1. The zero-order valence-electron chi connectivity index (χ0n) is 15.5. The molecule has 3 aromatic carbocycles. The summed E-state index contributed by atoms with van der Waals surface area (Å²) < 4.78 is 0. The zero-order valence-corrected chi connectivity index (χ0v) is 20.0. The van der Waals surface area contributed by atoms with Crippen molar-refractivity contribution in [3.05, 3.63) is 102 Å². The summed E-state index contributed by atoms with van der Waals surface area (Å²) in [6.07, 6.45) is 0. The third-order valence-electron chi connectivity index (χ3n) is 4.63. The van der Waals surface area contributed by atoms with E-state index in [1.165, 1.54) is 11.0 Å². The average Bonchev–Trinajstić information content (AvgIpc) is 2.97. The Morgan fingerprint density at radius 1 is 0.806 bits per heavy atom. The Morgan fingerprint density at radius 3 is 2.16 bits per heavy atom. The molecule has 0 bridgehead atoms. The van der Waals surface area contributed by atoms with Gasteiger partial charge in [-0.1, -0.05) is 88.0 Å². The van der Waals surface area contributed by atoms with E-state index in [-0.39, 0.29) is 5.76 Å². The van der Waals surface area contributed by atoms with Crippen LogP contribution < -0.4 is 4.90 Å². The van der Waals surface area contributed by atoms with Gasteiger partial charge in [0.25, 0.3) is 5.91 Å². The van der Waals surface area contributed by atoms with Crippen LogP contribution in [0, 0.1) is 0 Å². The van der Waals surface area contributed by atoms with Gasteiger partial charge in [0.2, 0.25) is 0 Å². The number of anilines is 1. The molecule has 4 rings (SSSR count). The number of benzene rings is 3. The molecule has 31 heavy (non-hydrogen) atoms. The Bertz CT molecular complexity index is 1210. The van der Waals surface area contributed by atoms with E-state index >= 15 is 0 Å². The van der Waals surface area contributed by atoms with Gasteiger partial charge in [-0.15, -0.1) is 0 Å². The first-order chi connectivity index (χ1) is 14.8. The van der Waals surface area contributed by atoms with Crippen molar-refractivity contribution in [3.8, 4) is 0 Å². The van der Waals surface area contributed by atoms with Gasteiger partial charge in [-0.25, -0.2) is 0 Å². The molecule has 1 N–H and O–H groups in total. The van der Waals surface area contributed by atoms with Crippen molar-refractivity contribution in [3.63, 3.8) is 0 Å². The third-order valence-corrected chi connectivity index (χ3v) is 7.46. The van der Waals surface area contributed by atoms with Crippen molar-refractivity contribution in [2.24, 2.45) is 0 Å². The first-order valence-corrected chi connectivity index (χ1v) is 11.6. The maximum absolute atomic E-state index is 13.1. The number of nitrogens with zero attached hydrogens (tertiary/aromatic N) is 1. The predicted octanol–water partition coefficient (Wildman–Crippen LogP) is 8.60. The number of carbonyl (C=O) groups excluding carboxylic acids is 1. The lowest BCUT2D eigenvalue weighted by molar-refractivity contribution is -0.117. The maximum atomic E-state index is 13.1. The molecule has 0 spiro atoms. The summed E-state index contributed by atoms with van der Waals surface area (Å²) in [7, 11) is 0. The smallest absolute Gasteiger partial charge is 0.294 e. The van der Waals surface area contributed by atoms with Crippen LogP contribution in [0.4, 0.5) is 5.69 Å². The second kappa shape index (κ2) is 9.14. The van der Waals surface area contributed by atoms with Crippen LogP contribution >= 0.6 is 69.8 Å². The number of carbonyl (C=O) groups is 1. The van der Waals surface area contributed by atoms with Crippen molar-refractivity contribution >= 4 is 81.4 Å². The second-order valence-corrected chi connectivity index (χ2v) is 9.80. The summed E-state index contributed by atoms with van der Waals surface area (Å²) in [6, 6.07) is 16.4. The van der Waals surface area contributed by atoms with Gasteiger partial charge in [-0.05, 0) is 48.0 Å². The fourth-order valence-electron chi connectivity index (χ4n) is 3.23. The van der Waals surface area contributed by atoms with E-state index in [0.717, 1.165) is 17.3 Å². The van der Waals surface area contributed by atoms with Crippen LogP contribution in [0.1, 0.15) is 11.6 Å². The number of amides is 1. The standard InChI is InChI=1S/C22H12Cl5NO2S/c23-12-6-4-11(5-7-12)19-21(31-18-10-16(26)15(25)9-17(18)27)20(29)22(30)28(19)14-3-1-2-13(24)8-14/h1-10,19,29H. The minimum atomic E-state index is -0.626. The molecule has 158 valence electrons. The average molecular weight is 532 g/mol. The Hall–Kier alpha value is -1.53. The molecule has 3 aromatic rings. The molecule has 3 nitrogen and oxygen atoms in total. The van der Waals surface area contributed by atoms with Crippen LogP contribution in [0.5, 0.6) is 0 Å². The highest BCUT2D eigenvalue weighted by Crippen LogP contribution is 2.50. The third kappa shape index (κ3) is 4.51. The fraction of sp³-hybridized carbons (Fsp3) is 0.0455. The molecule has 0 radical (unpaired) electrons. The lowest BCUT2D eigenvalue weighted by Crippen LogP contribution is -2.30. The summed E-state index contributed by atoms with van der Waals surface area (Å²) in [6.45, 7) is 0. The number of aliphatic hydroxyl groups excluding tert-OH is 1. The maximum Gasteiger partial charge on any atom is 0.294 e. The number of thioether (sulfide) groups is 1. The molecule has 1 heterocycles. The molecule has 1 atom stereocenters. The van der Waals surface area contributed by atoms with E-state index in [1.807, 2.05) is 0 Å². The van der Waals surface area contributed by atoms with Gasteiger partial charge >= 0.3 is 0 Å².